The maximum Gasteiger partial charge on any atom is 0.251 e. The van der Waals surface area contributed by atoms with Crippen LogP contribution in [0.4, 0.5) is 5.69 Å². The third-order valence-electron chi connectivity index (χ3n) is 6.49. The Morgan fingerprint density at radius 2 is 1.73 bits per heavy atom. The number of hydrogen-bond donors (Lipinski definition) is 1. The molecule has 5 rings (SSSR count). The summed E-state index contributed by atoms with van der Waals surface area (Å²) in [6, 6.07) is 25.7. The number of rotatable bonds is 8. The summed E-state index contributed by atoms with van der Waals surface area (Å²) in [4.78, 5) is 31.5. The minimum Gasteiger partial charge on any atom is -0.352 e. The first-order valence-corrected chi connectivity index (χ1v) is 13.9. The number of nitrogens with zero attached hydrogens (tertiary/aromatic N) is 2. The molecule has 1 aromatic heterocycles. The van der Waals surface area contributed by atoms with Crippen molar-refractivity contribution >= 4 is 38.2 Å². The Morgan fingerprint density at radius 1 is 0.946 bits per heavy atom. The van der Waals surface area contributed by atoms with Gasteiger partial charge < -0.3 is 5.32 Å². The molecule has 1 aliphatic heterocycles. The highest BCUT2D eigenvalue weighted by molar-refractivity contribution is 7.93. The number of fused-ring (bicyclic) bond motifs is 1. The van der Waals surface area contributed by atoms with E-state index in [4.69, 9.17) is 0 Å². The van der Waals surface area contributed by atoms with Crippen LogP contribution in [0, 0.1) is 0 Å². The van der Waals surface area contributed by atoms with E-state index >= 15 is 0 Å². The van der Waals surface area contributed by atoms with E-state index in [1.807, 2.05) is 30.3 Å². The minimum atomic E-state index is -3.83. The molecule has 0 bridgehead atoms. The zero-order chi connectivity index (χ0) is 25.8. The highest BCUT2D eigenvalue weighted by atomic mass is 32.2. The van der Waals surface area contributed by atoms with Gasteiger partial charge in [-0.15, -0.1) is 0 Å². The summed E-state index contributed by atoms with van der Waals surface area (Å²) in [5.74, 6) is -1.39. The smallest absolute Gasteiger partial charge is 0.251 e. The molecule has 0 radical (unpaired) electrons. The normalized spacial score (nSPS) is 16.7. The van der Waals surface area contributed by atoms with E-state index < -0.39 is 26.9 Å². The molecule has 188 valence electrons. The molecule has 1 N–H and O–H groups in total. The van der Waals surface area contributed by atoms with Crippen molar-refractivity contribution in [3.8, 4) is 0 Å². The van der Waals surface area contributed by atoms with Crippen LogP contribution in [0.2, 0.25) is 0 Å². The SMILES string of the molecule is O=C(NCCCCc1ccccc1)c1cccc(C2N(c3cccc4cccnc34)C(=O)CS2(=O)=O)c1. The fourth-order valence-corrected chi connectivity index (χ4v) is 6.50. The summed E-state index contributed by atoms with van der Waals surface area (Å²) in [6.07, 6.45) is 4.33. The molecule has 0 saturated carbocycles. The number of aromatic nitrogens is 1. The highest BCUT2D eigenvalue weighted by Crippen LogP contribution is 2.40. The lowest BCUT2D eigenvalue weighted by Crippen LogP contribution is -2.30. The van der Waals surface area contributed by atoms with Crippen molar-refractivity contribution in [2.75, 3.05) is 17.2 Å². The summed E-state index contributed by atoms with van der Waals surface area (Å²) in [5, 5.41) is 2.49. The number of carbonyl (C=O) groups is 2. The van der Waals surface area contributed by atoms with Crippen molar-refractivity contribution in [3.05, 3.63) is 108 Å². The number of unbranched alkanes of at least 4 members (excludes halogenated alkanes) is 1. The molecule has 7 nitrogen and oxygen atoms in total. The first-order valence-electron chi connectivity index (χ1n) is 12.2. The molecule has 4 aromatic rings. The van der Waals surface area contributed by atoms with E-state index in [2.05, 4.69) is 22.4 Å². The average molecular weight is 514 g/mol. The zero-order valence-corrected chi connectivity index (χ0v) is 21.0. The van der Waals surface area contributed by atoms with Crippen LogP contribution in [-0.2, 0) is 21.1 Å². The van der Waals surface area contributed by atoms with Gasteiger partial charge in [0.1, 0.15) is 5.75 Å². The Labute approximate surface area is 216 Å². The predicted octanol–water partition coefficient (Wildman–Crippen LogP) is 4.45. The number of sulfone groups is 1. The minimum absolute atomic E-state index is 0.276. The standard InChI is InChI=1S/C29H27N3O4S/c33-26-20-37(35,36)29(32(26)25-16-7-12-22-15-8-18-30-27(22)25)24-14-6-13-23(19-24)28(34)31-17-5-4-11-21-9-2-1-3-10-21/h1-3,6-10,12-16,18-19,29H,4-5,11,17,20H2,(H,31,34). The molecule has 8 heteroatoms. The monoisotopic (exact) mass is 513 g/mol. The van der Waals surface area contributed by atoms with Crippen LogP contribution in [0.15, 0.2) is 91.1 Å². The molecule has 2 amide bonds. The largest absolute Gasteiger partial charge is 0.352 e. The number of carbonyl (C=O) groups excluding carboxylic acids is 2. The lowest BCUT2D eigenvalue weighted by Gasteiger charge is -2.25. The molecule has 1 unspecified atom stereocenters. The van der Waals surface area contributed by atoms with E-state index in [1.165, 1.54) is 10.5 Å². The topological polar surface area (TPSA) is 96.4 Å². The van der Waals surface area contributed by atoms with Gasteiger partial charge in [-0.2, -0.15) is 0 Å². The van der Waals surface area contributed by atoms with Crippen molar-refractivity contribution in [1.29, 1.82) is 0 Å². The predicted molar refractivity (Wildman–Crippen MR) is 144 cm³/mol. The Bertz CT molecular complexity index is 1550. The van der Waals surface area contributed by atoms with E-state index in [0.717, 1.165) is 24.6 Å². The molecule has 37 heavy (non-hydrogen) atoms. The Morgan fingerprint density at radius 3 is 2.57 bits per heavy atom. The van der Waals surface area contributed by atoms with Crippen molar-refractivity contribution < 1.29 is 18.0 Å². The lowest BCUT2D eigenvalue weighted by atomic mass is 10.1. The molecule has 1 aliphatic rings. The maximum absolute atomic E-state index is 13.2. The summed E-state index contributed by atoms with van der Waals surface area (Å²) < 4.78 is 26.3. The van der Waals surface area contributed by atoms with Gasteiger partial charge in [0.05, 0.1) is 11.2 Å². The summed E-state index contributed by atoms with van der Waals surface area (Å²) in [6.45, 7) is 0.518. The van der Waals surface area contributed by atoms with Gasteiger partial charge >= 0.3 is 0 Å². The third-order valence-corrected chi connectivity index (χ3v) is 8.31. The fourth-order valence-electron chi connectivity index (χ4n) is 4.75. The summed E-state index contributed by atoms with van der Waals surface area (Å²) in [5.41, 5.74) is 2.97. The van der Waals surface area contributed by atoms with E-state index in [-0.39, 0.29) is 5.91 Å². The molecular weight excluding hydrogens is 486 g/mol. The fraction of sp³-hybridized carbons (Fsp3) is 0.207. The van der Waals surface area contributed by atoms with E-state index in [1.54, 1.807) is 48.7 Å². The van der Waals surface area contributed by atoms with E-state index in [9.17, 15) is 18.0 Å². The Hall–Kier alpha value is -4.04. The number of aryl methyl sites for hydroxylation is 1. The number of hydrogen-bond acceptors (Lipinski definition) is 5. The van der Waals surface area contributed by atoms with Gasteiger partial charge in [-0.3, -0.25) is 19.5 Å². The van der Waals surface area contributed by atoms with Gasteiger partial charge in [0.25, 0.3) is 5.91 Å². The highest BCUT2D eigenvalue weighted by Gasteiger charge is 2.46. The third kappa shape index (κ3) is 5.24. The van der Waals surface area contributed by atoms with Gasteiger partial charge in [-0.05, 0) is 54.7 Å². The molecule has 2 heterocycles. The lowest BCUT2D eigenvalue weighted by molar-refractivity contribution is -0.115. The second-order valence-electron chi connectivity index (χ2n) is 9.10. The van der Waals surface area contributed by atoms with Gasteiger partial charge in [0.2, 0.25) is 5.91 Å². The van der Waals surface area contributed by atoms with Crippen molar-refractivity contribution in [2.24, 2.45) is 0 Å². The van der Waals surface area contributed by atoms with Crippen LogP contribution in [0.25, 0.3) is 10.9 Å². The van der Waals surface area contributed by atoms with Crippen LogP contribution in [0.5, 0.6) is 0 Å². The molecular formula is C29H27N3O4S. The Balaban J connectivity index is 1.34. The van der Waals surface area contributed by atoms with E-state index in [0.29, 0.717) is 28.9 Å². The number of anilines is 1. The quantitative estimate of drug-likeness (QED) is 0.351. The van der Waals surface area contributed by atoms with Crippen LogP contribution < -0.4 is 10.2 Å². The van der Waals surface area contributed by atoms with Gasteiger partial charge in [0.15, 0.2) is 15.2 Å². The second-order valence-corrected chi connectivity index (χ2v) is 11.2. The Kier molecular flexibility index (Phi) is 7.01. The summed E-state index contributed by atoms with van der Waals surface area (Å²) in [7, 11) is -3.83. The number of benzene rings is 3. The number of nitrogens with one attached hydrogen (secondary N) is 1. The summed E-state index contributed by atoms with van der Waals surface area (Å²) >= 11 is 0. The number of para-hydroxylation sites is 1. The van der Waals surface area contributed by atoms with Gasteiger partial charge in [-0.1, -0.05) is 60.7 Å². The first kappa shape index (κ1) is 24.6. The molecule has 1 fully saturated rings. The number of pyridine rings is 1. The van der Waals surface area contributed by atoms with Gasteiger partial charge in [-0.25, -0.2) is 8.42 Å². The molecule has 3 aromatic carbocycles. The second kappa shape index (κ2) is 10.5. The van der Waals surface area contributed by atoms with Crippen molar-refractivity contribution in [3.63, 3.8) is 0 Å². The maximum atomic E-state index is 13.2. The van der Waals surface area contributed by atoms with Crippen LogP contribution in [0.3, 0.4) is 0 Å². The average Bonchev–Trinajstić information content (AvgIpc) is 3.16. The molecule has 0 aliphatic carbocycles. The van der Waals surface area contributed by atoms with Crippen LogP contribution >= 0.6 is 0 Å². The van der Waals surface area contributed by atoms with Crippen LogP contribution in [0.1, 0.15) is 39.7 Å². The molecule has 0 spiro atoms. The van der Waals surface area contributed by atoms with Crippen molar-refractivity contribution in [2.45, 2.75) is 24.6 Å². The molecule has 1 saturated heterocycles. The van der Waals surface area contributed by atoms with Crippen molar-refractivity contribution in [1.82, 2.24) is 10.3 Å². The number of amides is 2. The van der Waals surface area contributed by atoms with Crippen LogP contribution in [-0.4, -0.2) is 37.5 Å². The molecule has 1 atom stereocenters. The van der Waals surface area contributed by atoms with Gasteiger partial charge in [0, 0.05) is 23.7 Å². The zero-order valence-electron chi connectivity index (χ0n) is 20.2. The first-order chi connectivity index (χ1) is 17.9.